The van der Waals surface area contributed by atoms with E-state index in [2.05, 4.69) is 15.5 Å². The molecule has 0 bridgehead atoms. The Hall–Kier alpha value is -1.74. The van der Waals surface area contributed by atoms with Gasteiger partial charge in [0.2, 0.25) is 5.75 Å². The van der Waals surface area contributed by atoms with Crippen LogP contribution in [0.15, 0.2) is 6.07 Å². The average Bonchev–Trinajstić information content (AvgIpc) is 2.70. The number of carbonyl (C=O) groups excluding carboxylic acids is 1. The molecule has 1 saturated heterocycles. The van der Waals surface area contributed by atoms with Crippen molar-refractivity contribution in [3.05, 3.63) is 16.7 Å². The van der Waals surface area contributed by atoms with Gasteiger partial charge in [-0.1, -0.05) is 11.6 Å². The lowest BCUT2D eigenvalue weighted by Gasteiger charge is -2.36. The maximum absolute atomic E-state index is 12.8. The van der Waals surface area contributed by atoms with Gasteiger partial charge in [-0.2, -0.15) is 0 Å². The minimum absolute atomic E-state index is 0.0106. The van der Waals surface area contributed by atoms with Crippen LogP contribution in [0.25, 0.3) is 0 Å². The Bertz CT molecular complexity index is 703. The van der Waals surface area contributed by atoms with Crippen LogP contribution in [0.3, 0.4) is 0 Å². The van der Waals surface area contributed by atoms with Gasteiger partial charge in [0, 0.05) is 32.1 Å². The second-order valence-corrected chi connectivity index (χ2v) is 7.43. The van der Waals surface area contributed by atoms with Crippen LogP contribution >= 0.6 is 11.6 Å². The van der Waals surface area contributed by atoms with Gasteiger partial charge in [-0.3, -0.25) is 9.69 Å². The Morgan fingerprint density at radius 1 is 1.39 bits per heavy atom. The molecule has 0 spiro atoms. The summed E-state index contributed by atoms with van der Waals surface area (Å²) in [6.07, 6.45) is 0.352. The van der Waals surface area contributed by atoms with Gasteiger partial charge in [0.1, 0.15) is 13.2 Å². The van der Waals surface area contributed by atoms with E-state index in [0.717, 1.165) is 26.1 Å². The number of halogens is 1. The molecule has 1 aromatic carbocycles. The molecule has 9 heteroatoms. The molecule has 0 aromatic heterocycles. The lowest BCUT2D eigenvalue weighted by atomic mass is 9.93. The van der Waals surface area contributed by atoms with Crippen molar-refractivity contribution in [3.63, 3.8) is 0 Å². The zero-order valence-corrected chi connectivity index (χ0v) is 17.1. The number of methoxy groups -OCH3 is 1. The molecule has 1 amide bonds. The van der Waals surface area contributed by atoms with E-state index in [1.165, 1.54) is 13.2 Å². The van der Waals surface area contributed by atoms with Crippen molar-refractivity contribution < 1.29 is 24.1 Å². The number of piperidine rings is 1. The van der Waals surface area contributed by atoms with Crippen molar-refractivity contribution in [1.82, 2.24) is 15.5 Å². The zero-order chi connectivity index (χ0) is 20.1. The molecule has 1 aromatic rings. The molecule has 3 N–H and O–H groups in total. The van der Waals surface area contributed by atoms with Crippen molar-refractivity contribution in [3.8, 4) is 17.2 Å². The number of aliphatic hydroxyl groups excluding tert-OH is 1. The van der Waals surface area contributed by atoms with Crippen LogP contribution < -0.4 is 24.8 Å². The predicted molar refractivity (Wildman–Crippen MR) is 106 cm³/mol. The summed E-state index contributed by atoms with van der Waals surface area (Å²) in [5.74, 6) is 0.751. The van der Waals surface area contributed by atoms with Crippen LogP contribution in [0.5, 0.6) is 17.2 Å². The molecule has 0 aliphatic carbocycles. The number of β-amino-alcohol motifs (C(OH)–C–C–N with tert-alkyl or cyclic N) is 1. The summed E-state index contributed by atoms with van der Waals surface area (Å²) in [6, 6.07) is 1.53. The normalized spacial score (nSPS) is 22.0. The molecule has 8 nitrogen and oxygen atoms in total. The largest absolute Gasteiger partial charge is 0.491 e. The fraction of sp³-hybridized carbons (Fsp3) is 0.632. The third-order valence-corrected chi connectivity index (χ3v) is 5.46. The van der Waals surface area contributed by atoms with E-state index in [1.807, 2.05) is 7.05 Å². The average molecular weight is 414 g/mol. The first-order chi connectivity index (χ1) is 13.5. The van der Waals surface area contributed by atoms with Gasteiger partial charge >= 0.3 is 0 Å². The first kappa shape index (κ1) is 21.0. The summed E-state index contributed by atoms with van der Waals surface area (Å²) in [4.78, 5) is 15.0. The molecule has 1 fully saturated rings. The van der Waals surface area contributed by atoms with Crippen molar-refractivity contribution in [2.75, 3.05) is 60.1 Å². The van der Waals surface area contributed by atoms with E-state index in [-0.39, 0.29) is 16.8 Å². The number of nitrogens with one attached hydrogen (secondary N) is 2. The number of fused-ring (bicyclic) bond motifs is 1. The Labute approximate surface area is 170 Å². The number of hydrogen-bond acceptors (Lipinski definition) is 7. The summed E-state index contributed by atoms with van der Waals surface area (Å²) < 4.78 is 16.5. The summed E-state index contributed by atoms with van der Waals surface area (Å²) in [5, 5.41) is 16.7. The van der Waals surface area contributed by atoms with Crippen molar-refractivity contribution in [1.29, 1.82) is 0 Å². The van der Waals surface area contributed by atoms with E-state index < -0.39 is 6.10 Å². The van der Waals surface area contributed by atoms with E-state index in [0.29, 0.717) is 49.1 Å². The molecule has 2 aliphatic rings. The van der Waals surface area contributed by atoms with Crippen LogP contribution in [0.1, 0.15) is 16.8 Å². The number of ether oxygens (including phenoxy) is 3. The van der Waals surface area contributed by atoms with Gasteiger partial charge in [0.25, 0.3) is 5.91 Å². The van der Waals surface area contributed by atoms with E-state index in [1.54, 1.807) is 0 Å². The number of carbonyl (C=O) groups is 1. The highest BCUT2D eigenvalue weighted by Crippen LogP contribution is 2.46. The maximum atomic E-state index is 12.8. The van der Waals surface area contributed by atoms with Crippen LogP contribution in [0, 0.1) is 5.92 Å². The summed E-state index contributed by atoms with van der Waals surface area (Å²) in [7, 11) is 3.40. The highest BCUT2D eigenvalue weighted by Gasteiger charge is 2.30. The molecule has 3 rings (SSSR count). The monoisotopic (exact) mass is 413 g/mol. The van der Waals surface area contributed by atoms with Gasteiger partial charge < -0.3 is 30.0 Å². The summed E-state index contributed by atoms with van der Waals surface area (Å²) in [6.45, 7) is 4.41. The van der Waals surface area contributed by atoms with Gasteiger partial charge in [-0.25, -0.2) is 0 Å². The van der Waals surface area contributed by atoms with Crippen molar-refractivity contribution in [2.24, 2.45) is 5.92 Å². The number of rotatable bonds is 7. The van der Waals surface area contributed by atoms with Gasteiger partial charge in [-0.15, -0.1) is 0 Å². The Kier molecular flexibility index (Phi) is 7.23. The molecule has 0 radical (unpaired) electrons. The lowest BCUT2D eigenvalue weighted by Crippen LogP contribution is -2.48. The standard InChI is InChI=1S/C19H28ClN3O5/c1-21-4-6-23-5-3-12(15(24)11-23)10-22-19(25)13-9-14(20)17(26-2)18-16(13)27-7-8-28-18/h9,12,15,21,24H,3-8,10-11H2,1-2H3,(H,22,25)/t12-,15?/m0/s1. The van der Waals surface area contributed by atoms with Crippen LogP contribution in [-0.2, 0) is 0 Å². The quantitative estimate of drug-likeness (QED) is 0.607. The predicted octanol–water partition coefficient (Wildman–Crippen LogP) is 0.752. The molecule has 28 heavy (non-hydrogen) atoms. The second kappa shape index (κ2) is 9.65. The SMILES string of the molecule is CNCCN1CC[C@@H](CNC(=O)c2cc(Cl)c(OC)c3c2OCCO3)C(O)C1. The Morgan fingerprint density at radius 2 is 2.14 bits per heavy atom. The minimum atomic E-state index is -0.473. The highest BCUT2D eigenvalue weighted by molar-refractivity contribution is 6.33. The van der Waals surface area contributed by atoms with E-state index >= 15 is 0 Å². The fourth-order valence-electron chi connectivity index (χ4n) is 3.59. The topological polar surface area (TPSA) is 92.3 Å². The number of hydrogen-bond donors (Lipinski definition) is 3. The maximum Gasteiger partial charge on any atom is 0.255 e. The van der Waals surface area contributed by atoms with E-state index in [9.17, 15) is 9.90 Å². The first-order valence-corrected chi connectivity index (χ1v) is 9.92. The Morgan fingerprint density at radius 3 is 2.82 bits per heavy atom. The summed E-state index contributed by atoms with van der Waals surface area (Å²) >= 11 is 6.25. The first-order valence-electron chi connectivity index (χ1n) is 9.54. The molecular weight excluding hydrogens is 386 g/mol. The van der Waals surface area contributed by atoms with Gasteiger partial charge in [0.05, 0.1) is 23.8 Å². The number of benzene rings is 1. The molecular formula is C19H28ClN3O5. The number of likely N-dealkylation sites (N-methyl/N-ethyl adjacent to an activating group) is 1. The molecule has 156 valence electrons. The van der Waals surface area contributed by atoms with Crippen molar-refractivity contribution >= 4 is 17.5 Å². The molecule has 2 heterocycles. The zero-order valence-electron chi connectivity index (χ0n) is 16.3. The second-order valence-electron chi connectivity index (χ2n) is 7.02. The molecule has 2 aliphatic heterocycles. The fourth-order valence-corrected chi connectivity index (χ4v) is 3.86. The molecule has 1 unspecified atom stereocenters. The molecule has 0 saturated carbocycles. The summed E-state index contributed by atoms with van der Waals surface area (Å²) in [5.41, 5.74) is 0.307. The van der Waals surface area contributed by atoms with Gasteiger partial charge in [-0.05, 0) is 26.1 Å². The highest BCUT2D eigenvalue weighted by atomic mass is 35.5. The Balaban J connectivity index is 1.64. The van der Waals surface area contributed by atoms with Crippen LogP contribution in [-0.4, -0.2) is 82.1 Å². The third-order valence-electron chi connectivity index (χ3n) is 5.18. The van der Waals surface area contributed by atoms with Gasteiger partial charge in [0.15, 0.2) is 11.5 Å². The van der Waals surface area contributed by atoms with Crippen LogP contribution in [0.4, 0.5) is 0 Å². The molecule has 2 atom stereocenters. The smallest absolute Gasteiger partial charge is 0.255 e. The number of amides is 1. The third kappa shape index (κ3) is 4.63. The number of nitrogens with zero attached hydrogens (tertiary/aromatic N) is 1. The van der Waals surface area contributed by atoms with E-state index in [4.69, 9.17) is 25.8 Å². The van der Waals surface area contributed by atoms with Crippen molar-refractivity contribution in [2.45, 2.75) is 12.5 Å². The lowest BCUT2D eigenvalue weighted by molar-refractivity contribution is 0.0228. The minimum Gasteiger partial charge on any atom is -0.491 e. The number of likely N-dealkylation sites (tertiary alicyclic amines) is 1. The number of aliphatic hydroxyl groups is 1. The van der Waals surface area contributed by atoms with Crippen LogP contribution in [0.2, 0.25) is 5.02 Å².